The minimum absolute atomic E-state index is 0. The summed E-state index contributed by atoms with van der Waals surface area (Å²) in [5.74, 6) is 0. The summed E-state index contributed by atoms with van der Waals surface area (Å²) in [7, 11) is -4.08. The molecule has 0 saturated heterocycles. The van der Waals surface area contributed by atoms with Crippen molar-refractivity contribution < 1.29 is 13.0 Å². The monoisotopic (exact) mass is 263 g/mol. The molecule has 0 saturated carbocycles. The molecule has 0 fully saturated rings. The van der Waals surface area contributed by atoms with Crippen LogP contribution in [0.25, 0.3) is 0 Å². The van der Waals surface area contributed by atoms with Crippen LogP contribution in [0.3, 0.4) is 0 Å². The first-order valence-electron chi connectivity index (χ1n) is 2.83. The van der Waals surface area contributed by atoms with Crippen LogP contribution in [-0.2, 0) is 10.1 Å². The summed E-state index contributed by atoms with van der Waals surface area (Å²) in [6.45, 7) is 0. The van der Waals surface area contributed by atoms with Crippen molar-refractivity contribution >= 4 is 61.3 Å². The molecule has 1 aromatic carbocycles. The zero-order chi connectivity index (χ0) is 8.48. The van der Waals surface area contributed by atoms with Crippen molar-refractivity contribution in [2.24, 2.45) is 0 Å². The fourth-order valence-electron chi connectivity index (χ4n) is 0.640. The van der Waals surface area contributed by atoms with E-state index in [2.05, 4.69) is 0 Å². The maximum atomic E-state index is 10.5. The predicted molar refractivity (Wildman–Crippen MR) is 49.2 cm³/mol. The Balaban J connectivity index is 0.00000121. The van der Waals surface area contributed by atoms with Crippen molar-refractivity contribution in [2.75, 3.05) is 5.73 Å². The summed E-state index contributed by atoms with van der Waals surface area (Å²) in [6, 6.07) is 5.29. The standard InChI is InChI=1S/C6H7NO3S.Sr.2H/c7-5-1-3-6(4-2-5)11(8,9)10;;;/h1-4H,7H2,(H,8,9,10);;;. The molecule has 1 rings (SSSR count). The molecule has 0 aliphatic heterocycles. The fraction of sp³-hybridized carbons (Fsp3) is 0. The van der Waals surface area contributed by atoms with Gasteiger partial charge in [0.05, 0.1) is 4.90 Å². The average molecular weight is 263 g/mol. The van der Waals surface area contributed by atoms with Crippen LogP contribution >= 0.6 is 0 Å². The third-order valence-electron chi connectivity index (χ3n) is 1.18. The van der Waals surface area contributed by atoms with Crippen LogP contribution in [0.2, 0.25) is 0 Å². The molecule has 12 heavy (non-hydrogen) atoms. The van der Waals surface area contributed by atoms with Crippen LogP contribution in [-0.4, -0.2) is 58.5 Å². The molecule has 6 heteroatoms. The Hall–Kier alpha value is 0.411. The Morgan fingerprint density at radius 3 is 1.92 bits per heavy atom. The number of hydrogen-bond donors (Lipinski definition) is 2. The van der Waals surface area contributed by atoms with E-state index >= 15 is 0 Å². The third-order valence-corrected chi connectivity index (χ3v) is 2.05. The second kappa shape index (κ2) is 4.59. The van der Waals surface area contributed by atoms with Gasteiger partial charge in [-0.3, -0.25) is 4.55 Å². The normalized spacial score (nSPS) is 10.4. The van der Waals surface area contributed by atoms with E-state index in [1.165, 1.54) is 24.3 Å². The van der Waals surface area contributed by atoms with Crippen molar-refractivity contribution in [1.29, 1.82) is 0 Å². The molecule has 0 atom stereocenters. The number of nitrogen functional groups attached to an aromatic ring is 1. The number of rotatable bonds is 1. The van der Waals surface area contributed by atoms with Crippen LogP contribution in [0.1, 0.15) is 0 Å². The predicted octanol–water partition coefficient (Wildman–Crippen LogP) is -0.401. The first-order chi connectivity index (χ1) is 5.00. The van der Waals surface area contributed by atoms with E-state index in [1.807, 2.05) is 0 Å². The van der Waals surface area contributed by atoms with E-state index < -0.39 is 10.1 Å². The van der Waals surface area contributed by atoms with Crippen LogP contribution in [0, 0.1) is 0 Å². The quantitative estimate of drug-likeness (QED) is 0.410. The van der Waals surface area contributed by atoms with Gasteiger partial charge in [0, 0.05) is 5.69 Å². The fourth-order valence-corrected chi connectivity index (χ4v) is 1.12. The first-order valence-corrected chi connectivity index (χ1v) is 4.27. The molecule has 0 unspecified atom stereocenters. The summed E-state index contributed by atoms with van der Waals surface area (Å²) in [5, 5.41) is 0. The van der Waals surface area contributed by atoms with Gasteiger partial charge in [0.15, 0.2) is 0 Å². The van der Waals surface area contributed by atoms with Crippen molar-refractivity contribution in [2.45, 2.75) is 4.90 Å². The molecule has 0 aromatic heterocycles. The SMILES string of the molecule is Nc1ccc(S(=O)(=O)O)cc1.[SrH2]. The Morgan fingerprint density at radius 1 is 1.17 bits per heavy atom. The maximum absolute atomic E-state index is 10.5. The molecule has 0 aliphatic rings. The molecule has 4 nitrogen and oxygen atoms in total. The van der Waals surface area contributed by atoms with Gasteiger partial charge < -0.3 is 5.73 Å². The van der Waals surface area contributed by atoms with Gasteiger partial charge in [0.25, 0.3) is 10.1 Å². The number of anilines is 1. The van der Waals surface area contributed by atoms with Gasteiger partial charge in [-0.2, -0.15) is 8.42 Å². The minimum atomic E-state index is -4.08. The summed E-state index contributed by atoms with van der Waals surface area (Å²) in [4.78, 5) is -0.147. The molecular weight excluding hydrogens is 254 g/mol. The summed E-state index contributed by atoms with van der Waals surface area (Å²) in [6.07, 6.45) is 0. The van der Waals surface area contributed by atoms with Crippen LogP contribution in [0.5, 0.6) is 0 Å². The molecule has 0 aliphatic carbocycles. The van der Waals surface area contributed by atoms with Crippen molar-refractivity contribution in [3.05, 3.63) is 24.3 Å². The Bertz CT molecular complexity index is 346. The number of nitrogens with two attached hydrogens (primary N) is 1. The molecule has 0 amide bonds. The Kier molecular flexibility index (Phi) is 4.75. The zero-order valence-corrected chi connectivity index (χ0v) is 6.38. The first kappa shape index (κ1) is 12.4. The molecule has 0 spiro atoms. The zero-order valence-electron chi connectivity index (χ0n) is 5.56. The van der Waals surface area contributed by atoms with Crippen LogP contribution in [0.4, 0.5) is 5.69 Å². The van der Waals surface area contributed by atoms with Crippen molar-refractivity contribution in [3.63, 3.8) is 0 Å². The molecule has 3 N–H and O–H groups in total. The summed E-state index contributed by atoms with van der Waals surface area (Å²) in [5.41, 5.74) is 5.75. The van der Waals surface area contributed by atoms with Gasteiger partial charge in [-0.25, -0.2) is 0 Å². The van der Waals surface area contributed by atoms with Gasteiger partial charge in [0.1, 0.15) is 0 Å². The molecule has 64 valence electrons. The van der Waals surface area contributed by atoms with Crippen molar-refractivity contribution in [1.82, 2.24) is 0 Å². The van der Waals surface area contributed by atoms with E-state index in [0.717, 1.165) is 0 Å². The molecule has 0 bridgehead atoms. The molecule has 1 aromatic rings. The van der Waals surface area contributed by atoms with Gasteiger partial charge in [-0.1, -0.05) is 0 Å². The van der Waals surface area contributed by atoms with Crippen LogP contribution in [0.15, 0.2) is 29.2 Å². The van der Waals surface area contributed by atoms with Gasteiger partial charge in [-0.05, 0) is 24.3 Å². The van der Waals surface area contributed by atoms with Crippen LogP contribution < -0.4 is 5.73 Å². The summed E-state index contributed by atoms with van der Waals surface area (Å²) < 4.78 is 29.4. The summed E-state index contributed by atoms with van der Waals surface area (Å²) >= 11 is 0. The van der Waals surface area contributed by atoms with Gasteiger partial charge in [-0.15, -0.1) is 0 Å². The Morgan fingerprint density at radius 2 is 1.58 bits per heavy atom. The second-order valence-corrected chi connectivity index (χ2v) is 3.47. The number of hydrogen-bond acceptors (Lipinski definition) is 3. The second-order valence-electron chi connectivity index (χ2n) is 2.04. The van der Waals surface area contributed by atoms with Gasteiger partial charge >= 0.3 is 45.5 Å². The number of benzene rings is 1. The molecule has 0 radical (unpaired) electrons. The Labute approximate surface area is 108 Å². The van der Waals surface area contributed by atoms with E-state index in [9.17, 15) is 8.42 Å². The van der Waals surface area contributed by atoms with Crippen molar-refractivity contribution in [3.8, 4) is 0 Å². The van der Waals surface area contributed by atoms with E-state index in [1.54, 1.807) is 0 Å². The third kappa shape index (κ3) is 3.42. The van der Waals surface area contributed by atoms with E-state index in [0.29, 0.717) is 5.69 Å². The van der Waals surface area contributed by atoms with E-state index in [-0.39, 0.29) is 50.4 Å². The van der Waals surface area contributed by atoms with Gasteiger partial charge in [0.2, 0.25) is 0 Å². The van der Waals surface area contributed by atoms with E-state index in [4.69, 9.17) is 10.3 Å². The average Bonchev–Trinajstić information content (AvgIpc) is 1.86. The molecule has 0 heterocycles. The topological polar surface area (TPSA) is 80.4 Å². The molecular formula is C6H9NO3SSr.